The molecule has 0 aliphatic carbocycles. The summed E-state index contributed by atoms with van der Waals surface area (Å²) < 4.78 is 21.8. The monoisotopic (exact) mass is 221 g/mol. The number of rotatable bonds is 8. The maximum Gasteiger partial charge on any atom is 0.147 e. The summed E-state index contributed by atoms with van der Waals surface area (Å²) in [5.74, 6) is 0.318. The molecule has 0 saturated heterocycles. The van der Waals surface area contributed by atoms with Crippen LogP contribution in [0.25, 0.3) is 0 Å². The Kier molecular flexibility index (Phi) is 7.19. The molecule has 4 heteroatoms. The molecule has 0 radical (unpaired) electrons. The van der Waals surface area contributed by atoms with E-state index >= 15 is 0 Å². The fourth-order valence-electron chi connectivity index (χ4n) is 1.58. The Morgan fingerprint density at radius 2 is 1.86 bits per heavy atom. The molecule has 14 heavy (non-hydrogen) atoms. The molecule has 1 atom stereocenters. The first-order valence-corrected chi connectivity index (χ1v) is 7.46. The summed E-state index contributed by atoms with van der Waals surface area (Å²) in [7, 11) is -2.78. The third kappa shape index (κ3) is 8.51. The van der Waals surface area contributed by atoms with E-state index in [9.17, 15) is 8.42 Å². The van der Waals surface area contributed by atoms with Crippen molar-refractivity contribution in [3.8, 4) is 0 Å². The van der Waals surface area contributed by atoms with E-state index in [1.807, 2.05) is 0 Å². The second-order valence-corrected chi connectivity index (χ2v) is 6.08. The molecule has 0 bridgehead atoms. The second kappa shape index (κ2) is 7.23. The second-order valence-electron chi connectivity index (χ2n) is 3.82. The van der Waals surface area contributed by atoms with E-state index in [1.54, 1.807) is 0 Å². The highest BCUT2D eigenvalue weighted by Crippen LogP contribution is 2.05. The average Bonchev–Trinajstić information content (AvgIpc) is 2.02. The minimum absolute atomic E-state index is 0.318. The fourth-order valence-corrected chi connectivity index (χ4v) is 2.27. The van der Waals surface area contributed by atoms with Gasteiger partial charge in [0.2, 0.25) is 0 Å². The summed E-state index contributed by atoms with van der Waals surface area (Å²) in [5, 5.41) is 3.37. The van der Waals surface area contributed by atoms with Gasteiger partial charge in [-0.15, -0.1) is 0 Å². The fraction of sp³-hybridized carbons (Fsp3) is 1.00. The van der Waals surface area contributed by atoms with E-state index in [4.69, 9.17) is 0 Å². The van der Waals surface area contributed by atoms with E-state index in [-0.39, 0.29) is 0 Å². The molecule has 0 fully saturated rings. The van der Waals surface area contributed by atoms with Gasteiger partial charge in [-0.1, -0.05) is 20.3 Å². The van der Waals surface area contributed by atoms with Crippen LogP contribution in [0.2, 0.25) is 0 Å². The zero-order valence-electron chi connectivity index (χ0n) is 9.54. The summed E-state index contributed by atoms with van der Waals surface area (Å²) in [6, 6.07) is 0.492. The number of hydrogen-bond donors (Lipinski definition) is 1. The van der Waals surface area contributed by atoms with Crippen molar-refractivity contribution in [1.29, 1.82) is 0 Å². The van der Waals surface area contributed by atoms with Crippen molar-refractivity contribution in [2.75, 3.05) is 18.6 Å². The minimum atomic E-state index is -2.78. The van der Waals surface area contributed by atoms with Gasteiger partial charge in [0.15, 0.2) is 0 Å². The summed E-state index contributed by atoms with van der Waals surface area (Å²) >= 11 is 0. The van der Waals surface area contributed by atoms with Crippen LogP contribution in [0.3, 0.4) is 0 Å². The van der Waals surface area contributed by atoms with Crippen LogP contribution in [0.5, 0.6) is 0 Å². The van der Waals surface area contributed by atoms with Crippen LogP contribution >= 0.6 is 0 Å². The van der Waals surface area contributed by atoms with Crippen LogP contribution in [0, 0.1) is 0 Å². The molecule has 3 nitrogen and oxygen atoms in total. The van der Waals surface area contributed by atoms with Gasteiger partial charge in [-0.05, 0) is 25.8 Å². The predicted octanol–water partition coefficient (Wildman–Crippen LogP) is 1.59. The quantitative estimate of drug-likeness (QED) is 0.677. The van der Waals surface area contributed by atoms with E-state index in [2.05, 4.69) is 19.2 Å². The Bertz CT molecular complexity index is 218. The number of hydrogen-bond acceptors (Lipinski definition) is 3. The largest absolute Gasteiger partial charge is 0.314 e. The highest BCUT2D eigenvalue weighted by atomic mass is 32.2. The van der Waals surface area contributed by atoms with E-state index in [1.165, 1.54) is 6.26 Å². The normalized spacial score (nSPS) is 14.2. The van der Waals surface area contributed by atoms with E-state index in [0.29, 0.717) is 11.8 Å². The lowest BCUT2D eigenvalue weighted by molar-refractivity contribution is 0.455. The van der Waals surface area contributed by atoms with Gasteiger partial charge in [0.1, 0.15) is 9.84 Å². The first-order chi connectivity index (χ1) is 6.49. The summed E-state index contributed by atoms with van der Waals surface area (Å²) in [6.07, 6.45) is 5.33. The van der Waals surface area contributed by atoms with Gasteiger partial charge < -0.3 is 5.32 Å². The van der Waals surface area contributed by atoms with Gasteiger partial charge >= 0.3 is 0 Å². The molecule has 0 aromatic rings. The van der Waals surface area contributed by atoms with Gasteiger partial charge in [0.25, 0.3) is 0 Å². The Morgan fingerprint density at radius 3 is 2.29 bits per heavy atom. The van der Waals surface area contributed by atoms with Crippen molar-refractivity contribution < 1.29 is 8.42 Å². The zero-order valence-corrected chi connectivity index (χ0v) is 10.4. The van der Waals surface area contributed by atoms with Crippen LogP contribution in [0.1, 0.15) is 39.5 Å². The van der Waals surface area contributed by atoms with Crippen LogP contribution in [-0.4, -0.2) is 33.0 Å². The lowest BCUT2D eigenvalue weighted by atomic mass is 10.1. The molecule has 0 aromatic carbocycles. The van der Waals surface area contributed by atoms with Gasteiger partial charge in [-0.2, -0.15) is 0 Å². The lowest BCUT2D eigenvalue weighted by Crippen LogP contribution is -2.29. The molecular weight excluding hydrogens is 198 g/mol. The molecule has 86 valence electrons. The molecule has 0 aromatic heterocycles. The maximum absolute atomic E-state index is 10.9. The minimum Gasteiger partial charge on any atom is -0.314 e. The van der Waals surface area contributed by atoms with Gasteiger partial charge in [-0.25, -0.2) is 8.42 Å². The standard InChI is InChI=1S/C10H23NO2S/c1-4-7-10(11-5-2)8-6-9-14(3,12)13/h10-11H,4-9H2,1-3H3. The third-order valence-corrected chi connectivity index (χ3v) is 3.23. The van der Waals surface area contributed by atoms with Crippen LogP contribution in [0.15, 0.2) is 0 Å². The molecule has 0 aliphatic heterocycles. The van der Waals surface area contributed by atoms with Crippen LogP contribution in [0.4, 0.5) is 0 Å². The van der Waals surface area contributed by atoms with Crippen LogP contribution < -0.4 is 5.32 Å². The lowest BCUT2D eigenvalue weighted by Gasteiger charge is -2.16. The Labute approximate surface area is 88.2 Å². The number of sulfone groups is 1. The van der Waals surface area contributed by atoms with Gasteiger partial charge in [0.05, 0.1) is 0 Å². The maximum atomic E-state index is 10.9. The third-order valence-electron chi connectivity index (χ3n) is 2.20. The first-order valence-electron chi connectivity index (χ1n) is 5.40. The van der Waals surface area contributed by atoms with E-state index < -0.39 is 9.84 Å². The van der Waals surface area contributed by atoms with Crippen molar-refractivity contribution in [2.45, 2.75) is 45.6 Å². The highest BCUT2D eigenvalue weighted by molar-refractivity contribution is 7.90. The summed E-state index contributed by atoms with van der Waals surface area (Å²) in [5.41, 5.74) is 0. The Hall–Kier alpha value is -0.0900. The molecule has 1 unspecified atom stereocenters. The molecule has 0 aliphatic rings. The Morgan fingerprint density at radius 1 is 1.21 bits per heavy atom. The summed E-state index contributed by atoms with van der Waals surface area (Å²) in [6.45, 7) is 5.20. The predicted molar refractivity (Wildman–Crippen MR) is 61.3 cm³/mol. The van der Waals surface area contributed by atoms with Crippen molar-refractivity contribution in [1.82, 2.24) is 5.32 Å². The molecule has 0 amide bonds. The highest BCUT2D eigenvalue weighted by Gasteiger charge is 2.08. The molecule has 0 rings (SSSR count). The SMILES string of the molecule is CCCC(CCCS(C)(=O)=O)NCC. The Balaban J connectivity index is 3.70. The molecular formula is C10H23NO2S. The van der Waals surface area contributed by atoms with E-state index in [0.717, 1.165) is 32.2 Å². The van der Waals surface area contributed by atoms with Crippen molar-refractivity contribution in [3.63, 3.8) is 0 Å². The zero-order chi connectivity index (χ0) is 11.0. The molecule has 0 heterocycles. The van der Waals surface area contributed by atoms with Crippen molar-refractivity contribution in [2.24, 2.45) is 0 Å². The number of nitrogens with one attached hydrogen (secondary N) is 1. The van der Waals surface area contributed by atoms with Gasteiger partial charge in [-0.3, -0.25) is 0 Å². The van der Waals surface area contributed by atoms with Crippen molar-refractivity contribution in [3.05, 3.63) is 0 Å². The van der Waals surface area contributed by atoms with Crippen molar-refractivity contribution >= 4 is 9.84 Å². The first kappa shape index (κ1) is 13.9. The van der Waals surface area contributed by atoms with Crippen LogP contribution in [-0.2, 0) is 9.84 Å². The van der Waals surface area contributed by atoms with Gasteiger partial charge in [0, 0.05) is 18.1 Å². The molecule has 0 saturated carbocycles. The molecule has 1 N–H and O–H groups in total. The summed E-state index contributed by atoms with van der Waals surface area (Å²) in [4.78, 5) is 0. The average molecular weight is 221 g/mol. The topological polar surface area (TPSA) is 46.2 Å². The smallest absolute Gasteiger partial charge is 0.147 e. The molecule has 0 spiro atoms.